The van der Waals surface area contributed by atoms with Crippen LogP contribution in [0.1, 0.15) is 25.8 Å². The van der Waals surface area contributed by atoms with Gasteiger partial charge in [0.15, 0.2) is 0 Å². The molecule has 0 bridgehead atoms. The maximum atomic E-state index is 12.5. The van der Waals surface area contributed by atoms with Crippen LogP contribution < -0.4 is 5.73 Å². The molecule has 0 spiro atoms. The first-order valence-electron chi connectivity index (χ1n) is 5.75. The highest BCUT2D eigenvalue weighted by molar-refractivity contribution is 9.10. The Balaban J connectivity index is 3.33. The van der Waals surface area contributed by atoms with E-state index >= 15 is 0 Å². The molecule has 0 radical (unpaired) electrons. The van der Waals surface area contributed by atoms with E-state index in [9.17, 15) is 8.42 Å². The van der Waals surface area contributed by atoms with Crippen molar-refractivity contribution in [2.24, 2.45) is 0 Å². The van der Waals surface area contributed by atoms with Crippen LogP contribution in [0.25, 0.3) is 0 Å². The van der Waals surface area contributed by atoms with Gasteiger partial charge in [-0.3, -0.25) is 0 Å². The molecule has 0 amide bonds. The van der Waals surface area contributed by atoms with Gasteiger partial charge in [0, 0.05) is 23.2 Å². The lowest BCUT2D eigenvalue weighted by Gasteiger charge is -2.24. The van der Waals surface area contributed by atoms with Crippen LogP contribution in [0, 0.1) is 6.92 Å². The van der Waals surface area contributed by atoms with Gasteiger partial charge in [-0.1, -0.05) is 6.92 Å². The first-order valence-corrected chi connectivity index (χ1v) is 7.98. The number of anilines is 1. The number of hydrogen-bond donors (Lipinski definition) is 1. The van der Waals surface area contributed by atoms with Crippen molar-refractivity contribution < 1.29 is 8.42 Å². The van der Waals surface area contributed by atoms with Gasteiger partial charge in [0.2, 0.25) is 10.0 Å². The van der Waals surface area contributed by atoms with Gasteiger partial charge in [-0.25, -0.2) is 8.42 Å². The predicted octanol–water partition coefficient (Wildman–Crippen LogP) is 2.76. The summed E-state index contributed by atoms with van der Waals surface area (Å²) in [6.45, 7) is 5.61. The number of rotatable bonds is 4. The summed E-state index contributed by atoms with van der Waals surface area (Å²) in [7, 11) is -1.89. The molecule has 1 atom stereocenters. The summed E-state index contributed by atoms with van der Waals surface area (Å²) >= 11 is 3.29. The van der Waals surface area contributed by atoms with Crippen LogP contribution in [0.3, 0.4) is 0 Å². The number of hydrogen-bond acceptors (Lipinski definition) is 3. The van der Waals surface area contributed by atoms with E-state index < -0.39 is 10.0 Å². The average molecular weight is 335 g/mol. The summed E-state index contributed by atoms with van der Waals surface area (Å²) in [6, 6.07) is 3.19. The normalized spacial score (nSPS) is 13.9. The second-order valence-electron chi connectivity index (χ2n) is 4.42. The lowest BCUT2D eigenvalue weighted by Crippen LogP contribution is -2.35. The monoisotopic (exact) mass is 334 g/mol. The summed E-state index contributed by atoms with van der Waals surface area (Å²) in [5.74, 6) is 0. The van der Waals surface area contributed by atoms with Crippen molar-refractivity contribution in [3.63, 3.8) is 0 Å². The third kappa shape index (κ3) is 2.87. The number of halogens is 1. The summed E-state index contributed by atoms with van der Waals surface area (Å²) < 4.78 is 27.0. The molecule has 6 heteroatoms. The van der Waals surface area contributed by atoms with Gasteiger partial charge >= 0.3 is 0 Å². The molecule has 0 aliphatic heterocycles. The SMILES string of the molecule is CCC(C)N(C)S(=O)(=O)c1cc(N)c(Br)cc1C. The van der Waals surface area contributed by atoms with Crippen LogP contribution in [0.15, 0.2) is 21.5 Å². The Hall–Kier alpha value is -0.590. The van der Waals surface area contributed by atoms with Crippen LogP contribution in [0.4, 0.5) is 5.69 Å². The second kappa shape index (κ2) is 5.59. The maximum absolute atomic E-state index is 12.5. The molecule has 1 aromatic carbocycles. The maximum Gasteiger partial charge on any atom is 0.243 e. The molecule has 0 aromatic heterocycles. The average Bonchev–Trinajstić information content (AvgIpc) is 2.31. The molecule has 0 saturated heterocycles. The molecule has 0 fully saturated rings. The van der Waals surface area contributed by atoms with Crippen LogP contribution in [-0.4, -0.2) is 25.8 Å². The third-order valence-electron chi connectivity index (χ3n) is 3.16. The number of benzene rings is 1. The van der Waals surface area contributed by atoms with Gasteiger partial charge in [-0.05, 0) is 53.9 Å². The quantitative estimate of drug-likeness (QED) is 0.861. The first-order chi connectivity index (χ1) is 8.21. The van der Waals surface area contributed by atoms with Crippen molar-refractivity contribution in [2.45, 2.75) is 38.1 Å². The van der Waals surface area contributed by atoms with Gasteiger partial charge < -0.3 is 5.73 Å². The van der Waals surface area contributed by atoms with Gasteiger partial charge in [0.25, 0.3) is 0 Å². The molecule has 1 rings (SSSR count). The van der Waals surface area contributed by atoms with E-state index in [1.54, 1.807) is 20.0 Å². The Bertz CT molecular complexity index is 543. The Morgan fingerprint density at radius 3 is 2.50 bits per heavy atom. The molecule has 0 saturated carbocycles. The number of nitrogen functional groups attached to an aromatic ring is 1. The summed E-state index contributed by atoms with van der Waals surface area (Å²) in [4.78, 5) is 0.269. The number of nitrogens with two attached hydrogens (primary N) is 1. The summed E-state index contributed by atoms with van der Waals surface area (Å²) in [6.07, 6.45) is 0.765. The van der Waals surface area contributed by atoms with Gasteiger partial charge in [0.05, 0.1) is 4.90 Å². The van der Waals surface area contributed by atoms with E-state index in [-0.39, 0.29) is 10.9 Å². The fourth-order valence-corrected chi connectivity index (χ4v) is 3.73. The fraction of sp³-hybridized carbons (Fsp3) is 0.500. The van der Waals surface area contributed by atoms with Gasteiger partial charge in [-0.2, -0.15) is 4.31 Å². The number of nitrogens with zero attached hydrogens (tertiary/aromatic N) is 1. The molecule has 18 heavy (non-hydrogen) atoms. The smallest absolute Gasteiger partial charge is 0.243 e. The first kappa shape index (κ1) is 15.5. The molecule has 102 valence electrons. The minimum atomic E-state index is -3.49. The summed E-state index contributed by atoms with van der Waals surface area (Å²) in [5, 5.41) is 0. The lowest BCUT2D eigenvalue weighted by atomic mass is 10.2. The van der Waals surface area contributed by atoms with Crippen LogP contribution >= 0.6 is 15.9 Å². The molecule has 1 unspecified atom stereocenters. The van der Waals surface area contributed by atoms with Crippen LogP contribution in [0.5, 0.6) is 0 Å². The van der Waals surface area contributed by atoms with E-state index in [1.165, 1.54) is 10.4 Å². The van der Waals surface area contributed by atoms with E-state index in [0.29, 0.717) is 15.7 Å². The molecule has 0 heterocycles. The highest BCUT2D eigenvalue weighted by Crippen LogP contribution is 2.28. The van der Waals surface area contributed by atoms with E-state index in [0.717, 1.165) is 6.42 Å². The Kier molecular flexibility index (Phi) is 4.80. The zero-order valence-electron chi connectivity index (χ0n) is 11.1. The molecular formula is C12H19BrN2O2S. The Morgan fingerprint density at radius 2 is 2.00 bits per heavy atom. The van der Waals surface area contributed by atoms with E-state index in [4.69, 9.17) is 5.73 Å². The van der Waals surface area contributed by atoms with Crippen molar-refractivity contribution in [3.05, 3.63) is 22.2 Å². The zero-order valence-corrected chi connectivity index (χ0v) is 13.5. The molecular weight excluding hydrogens is 316 g/mol. The molecule has 0 aliphatic rings. The molecule has 4 nitrogen and oxygen atoms in total. The minimum absolute atomic E-state index is 0.0423. The van der Waals surface area contributed by atoms with E-state index in [2.05, 4.69) is 15.9 Å². The van der Waals surface area contributed by atoms with Crippen molar-refractivity contribution in [3.8, 4) is 0 Å². The largest absolute Gasteiger partial charge is 0.398 e. The minimum Gasteiger partial charge on any atom is -0.398 e. The van der Waals surface area contributed by atoms with Crippen molar-refractivity contribution in [1.82, 2.24) is 4.31 Å². The lowest BCUT2D eigenvalue weighted by molar-refractivity contribution is 0.380. The number of sulfonamides is 1. The Labute approximate surface area is 117 Å². The summed E-state index contributed by atoms with van der Waals surface area (Å²) in [5.41, 5.74) is 6.88. The molecule has 2 N–H and O–H groups in total. The highest BCUT2D eigenvalue weighted by Gasteiger charge is 2.26. The fourth-order valence-electron chi connectivity index (χ4n) is 1.60. The van der Waals surface area contributed by atoms with Gasteiger partial charge in [0.1, 0.15) is 0 Å². The van der Waals surface area contributed by atoms with Crippen molar-refractivity contribution in [1.29, 1.82) is 0 Å². The second-order valence-corrected chi connectivity index (χ2v) is 7.24. The van der Waals surface area contributed by atoms with E-state index in [1.807, 2.05) is 13.8 Å². The van der Waals surface area contributed by atoms with Crippen molar-refractivity contribution >= 4 is 31.6 Å². The molecule has 1 aromatic rings. The standard InChI is InChI=1S/C12H19BrN2O2S/c1-5-9(3)15(4)18(16,17)12-7-11(14)10(13)6-8(12)2/h6-7,9H,5,14H2,1-4H3. The van der Waals surface area contributed by atoms with Crippen LogP contribution in [-0.2, 0) is 10.0 Å². The Morgan fingerprint density at radius 1 is 1.44 bits per heavy atom. The molecule has 0 aliphatic carbocycles. The predicted molar refractivity (Wildman–Crippen MR) is 78.0 cm³/mol. The van der Waals surface area contributed by atoms with Crippen molar-refractivity contribution in [2.75, 3.05) is 12.8 Å². The van der Waals surface area contributed by atoms with Gasteiger partial charge in [-0.15, -0.1) is 0 Å². The highest BCUT2D eigenvalue weighted by atomic mass is 79.9. The zero-order chi connectivity index (χ0) is 14.1. The third-order valence-corrected chi connectivity index (χ3v) is 5.96. The number of aryl methyl sites for hydroxylation is 1. The van der Waals surface area contributed by atoms with Crippen LogP contribution in [0.2, 0.25) is 0 Å². The topological polar surface area (TPSA) is 63.4 Å².